The van der Waals surface area contributed by atoms with Crippen molar-refractivity contribution in [2.75, 3.05) is 11.9 Å². The van der Waals surface area contributed by atoms with E-state index in [9.17, 15) is 13.2 Å². The van der Waals surface area contributed by atoms with Gasteiger partial charge in [0.1, 0.15) is 10.3 Å². The zero-order valence-corrected chi connectivity index (χ0v) is 17.5. The number of rotatable bonds is 4. The normalized spacial score (nSPS) is 18.2. The van der Waals surface area contributed by atoms with Crippen LogP contribution >= 0.6 is 34.3 Å². The molecule has 0 saturated carbocycles. The number of amides is 1. The lowest BCUT2D eigenvalue weighted by Gasteiger charge is -2.22. The van der Waals surface area contributed by atoms with Crippen molar-refractivity contribution in [3.8, 4) is 0 Å². The number of aryl methyl sites for hydroxylation is 1. The molecule has 1 amide bonds. The highest BCUT2D eigenvalue weighted by atomic mass is 35.5. The van der Waals surface area contributed by atoms with Gasteiger partial charge in [0.05, 0.1) is 19.6 Å². The van der Waals surface area contributed by atoms with Crippen LogP contribution in [0.2, 0.25) is 4.34 Å². The maximum absolute atomic E-state index is 12.9. The Hall–Kier alpha value is -1.52. The highest BCUT2D eigenvalue weighted by Gasteiger charge is 2.40. The maximum Gasteiger partial charge on any atom is 0.253 e. The molecule has 3 heterocycles. The van der Waals surface area contributed by atoms with E-state index in [1.165, 1.54) is 10.4 Å². The molecule has 0 bridgehead atoms. The summed E-state index contributed by atoms with van der Waals surface area (Å²) in [6, 6.07) is 7.83. The molecular weight excluding hydrogens is 426 g/mol. The number of thiazole rings is 1. The number of halogens is 1. The van der Waals surface area contributed by atoms with E-state index in [1.54, 1.807) is 17.4 Å². The lowest BCUT2D eigenvalue weighted by atomic mass is 10.2. The SMILES string of the molecule is Cc1nc2cc(NC(=O)C3CCCN3S(=O)(=O)c3ccc(Cl)s3)ccc2s1. The Morgan fingerprint density at radius 3 is 2.85 bits per heavy atom. The van der Waals surface area contributed by atoms with Crippen molar-refractivity contribution < 1.29 is 13.2 Å². The highest BCUT2D eigenvalue weighted by molar-refractivity contribution is 7.91. The Kier molecular flexibility index (Phi) is 4.98. The number of carbonyl (C=O) groups is 1. The van der Waals surface area contributed by atoms with Crippen LogP contribution in [-0.2, 0) is 14.8 Å². The minimum Gasteiger partial charge on any atom is -0.325 e. The number of nitrogens with one attached hydrogen (secondary N) is 1. The van der Waals surface area contributed by atoms with Crippen molar-refractivity contribution in [2.24, 2.45) is 0 Å². The number of aromatic nitrogens is 1. The van der Waals surface area contributed by atoms with Crippen molar-refractivity contribution in [3.63, 3.8) is 0 Å². The van der Waals surface area contributed by atoms with E-state index < -0.39 is 16.1 Å². The van der Waals surface area contributed by atoms with Crippen molar-refractivity contribution in [2.45, 2.75) is 30.0 Å². The molecule has 1 aliphatic heterocycles. The fourth-order valence-electron chi connectivity index (χ4n) is 3.19. The number of thiophene rings is 1. The van der Waals surface area contributed by atoms with E-state index in [4.69, 9.17) is 11.6 Å². The largest absolute Gasteiger partial charge is 0.325 e. The molecule has 0 radical (unpaired) electrons. The van der Waals surface area contributed by atoms with Gasteiger partial charge in [0.2, 0.25) is 5.91 Å². The molecule has 0 spiro atoms. The van der Waals surface area contributed by atoms with E-state index in [-0.39, 0.29) is 10.1 Å². The number of carbonyl (C=O) groups excluding carboxylic acids is 1. The zero-order chi connectivity index (χ0) is 19.2. The maximum atomic E-state index is 12.9. The third-order valence-electron chi connectivity index (χ3n) is 4.38. The summed E-state index contributed by atoms with van der Waals surface area (Å²) in [6.45, 7) is 2.25. The second kappa shape index (κ2) is 7.14. The first-order valence-corrected chi connectivity index (χ1v) is 11.7. The number of anilines is 1. The average Bonchev–Trinajstić information content (AvgIpc) is 3.32. The Bertz CT molecular complexity index is 1120. The second-order valence-corrected chi connectivity index (χ2v) is 11.3. The van der Waals surface area contributed by atoms with E-state index in [0.29, 0.717) is 29.4 Å². The third-order valence-corrected chi connectivity index (χ3v) is 8.94. The molecule has 1 N–H and O–H groups in total. The molecule has 1 aromatic carbocycles. The first kappa shape index (κ1) is 18.8. The Balaban J connectivity index is 1.56. The van der Waals surface area contributed by atoms with E-state index in [1.807, 2.05) is 25.1 Å². The lowest BCUT2D eigenvalue weighted by molar-refractivity contribution is -0.119. The van der Waals surface area contributed by atoms with Crippen LogP contribution in [0.1, 0.15) is 17.8 Å². The molecular formula is C17H16ClN3O3S3. The highest BCUT2D eigenvalue weighted by Crippen LogP contribution is 2.33. The van der Waals surface area contributed by atoms with Crippen LogP contribution < -0.4 is 5.32 Å². The number of nitrogens with zero attached hydrogens (tertiary/aromatic N) is 2. The molecule has 1 atom stereocenters. The van der Waals surface area contributed by atoms with Gasteiger partial charge in [-0.25, -0.2) is 13.4 Å². The van der Waals surface area contributed by atoms with Crippen LogP contribution in [0.25, 0.3) is 10.2 Å². The molecule has 1 unspecified atom stereocenters. The fourth-order valence-corrected chi connectivity index (χ4v) is 7.26. The summed E-state index contributed by atoms with van der Waals surface area (Å²) >= 11 is 8.47. The number of fused-ring (bicyclic) bond motifs is 1. The topological polar surface area (TPSA) is 79.4 Å². The predicted octanol–water partition coefficient (Wildman–Crippen LogP) is 4.11. The lowest BCUT2D eigenvalue weighted by Crippen LogP contribution is -2.42. The molecule has 3 aromatic rings. The summed E-state index contributed by atoms with van der Waals surface area (Å²) in [5, 5.41) is 3.80. The zero-order valence-electron chi connectivity index (χ0n) is 14.3. The molecule has 1 saturated heterocycles. The van der Waals surface area contributed by atoms with Crippen molar-refractivity contribution in [1.29, 1.82) is 0 Å². The van der Waals surface area contributed by atoms with Gasteiger partial charge in [-0.05, 0) is 50.1 Å². The first-order chi connectivity index (χ1) is 12.8. The molecule has 10 heteroatoms. The molecule has 6 nitrogen and oxygen atoms in total. The molecule has 142 valence electrons. The summed E-state index contributed by atoms with van der Waals surface area (Å²) in [7, 11) is -3.74. The van der Waals surface area contributed by atoms with Crippen LogP contribution in [0.15, 0.2) is 34.5 Å². The van der Waals surface area contributed by atoms with Crippen molar-refractivity contribution >= 4 is 66.1 Å². The molecule has 2 aromatic heterocycles. The quantitative estimate of drug-likeness (QED) is 0.660. The number of sulfonamides is 1. The van der Waals surface area contributed by atoms with Crippen LogP contribution in [0.5, 0.6) is 0 Å². The van der Waals surface area contributed by atoms with Crippen LogP contribution in [0.4, 0.5) is 5.69 Å². The Labute approximate surface area is 169 Å². The molecule has 27 heavy (non-hydrogen) atoms. The van der Waals surface area contributed by atoms with Crippen molar-refractivity contribution in [1.82, 2.24) is 9.29 Å². The summed E-state index contributed by atoms with van der Waals surface area (Å²) in [5.41, 5.74) is 1.43. The van der Waals surface area contributed by atoms with Crippen LogP contribution in [0.3, 0.4) is 0 Å². The summed E-state index contributed by atoms with van der Waals surface area (Å²) < 4.78 is 28.6. The van der Waals surface area contributed by atoms with Crippen molar-refractivity contribution in [3.05, 3.63) is 39.7 Å². The smallest absolute Gasteiger partial charge is 0.253 e. The molecule has 1 aliphatic rings. The van der Waals surface area contributed by atoms with Gasteiger partial charge in [-0.3, -0.25) is 4.79 Å². The van der Waals surface area contributed by atoms with Gasteiger partial charge >= 0.3 is 0 Å². The van der Waals surface area contributed by atoms with E-state index >= 15 is 0 Å². The van der Waals surface area contributed by atoms with Gasteiger partial charge in [0.15, 0.2) is 0 Å². The Morgan fingerprint density at radius 1 is 1.30 bits per heavy atom. The number of benzene rings is 1. The monoisotopic (exact) mass is 441 g/mol. The van der Waals surface area contributed by atoms with Gasteiger partial charge in [-0.1, -0.05) is 11.6 Å². The van der Waals surface area contributed by atoms with Crippen LogP contribution in [0, 0.1) is 6.92 Å². The van der Waals surface area contributed by atoms with E-state index in [2.05, 4.69) is 10.3 Å². The first-order valence-electron chi connectivity index (χ1n) is 8.30. The second-order valence-electron chi connectivity index (χ2n) is 6.24. The predicted molar refractivity (Wildman–Crippen MR) is 109 cm³/mol. The fraction of sp³-hybridized carbons (Fsp3) is 0.294. The minimum absolute atomic E-state index is 0.159. The van der Waals surface area contributed by atoms with Gasteiger partial charge in [0.25, 0.3) is 10.0 Å². The standard InChI is InChI=1S/C17H16ClN3O3S3/c1-10-19-12-9-11(4-5-14(12)25-10)20-17(22)13-3-2-8-21(13)27(23,24)16-7-6-15(18)26-16/h4-7,9,13H,2-3,8H2,1H3,(H,20,22). The van der Waals surface area contributed by atoms with Gasteiger partial charge < -0.3 is 5.32 Å². The van der Waals surface area contributed by atoms with Gasteiger partial charge in [-0.2, -0.15) is 4.31 Å². The minimum atomic E-state index is -3.74. The average molecular weight is 442 g/mol. The summed E-state index contributed by atoms with van der Waals surface area (Å²) in [5.74, 6) is -0.329. The molecule has 4 rings (SSSR count). The van der Waals surface area contributed by atoms with Gasteiger partial charge in [0, 0.05) is 12.2 Å². The summed E-state index contributed by atoms with van der Waals surface area (Å²) in [4.78, 5) is 17.2. The molecule has 1 fully saturated rings. The number of hydrogen-bond donors (Lipinski definition) is 1. The van der Waals surface area contributed by atoms with Gasteiger partial charge in [-0.15, -0.1) is 22.7 Å². The Morgan fingerprint density at radius 2 is 2.11 bits per heavy atom. The summed E-state index contributed by atoms with van der Waals surface area (Å²) in [6.07, 6.45) is 1.13. The van der Waals surface area contributed by atoms with Crippen LogP contribution in [-0.4, -0.2) is 36.2 Å². The number of hydrogen-bond acceptors (Lipinski definition) is 6. The van der Waals surface area contributed by atoms with E-state index in [0.717, 1.165) is 26.6 Å². The molecule has 0 aliphatic carbocycles. The third kappa shape index (κ3) is 3.62.